The van der Waals surface area contributed by atoms with Gasteiger partial charge in [-0.05, 0) is 0 Å². The number of benzene rings is 9. The summed E-state index contributed by atoms with van der Waals surface area (Å²) in [5, 5.41) is 0. The van der Waals surface area contributed by atoms with Gasteiger partial charge in [-0.15, -0.1) is 0 Å². The first-order valence-corrected chi connectivity index (χ1v) is 30.9. The molecule has 0 atom stereocenters. The van der Waals surface area contributed by atoms with E-state index >= 15 is 0 Å². The fourth-order valence-electron chi connectivity index (χ4n) is 13.8. The van der Waals surface area contributed by atoms with Crippen molar-refractivity contribution in [1.82, 2.24) is 0 Å². The van der Waals surface area contributed by atoms with E-state index in [1.807, 2.05) is 0 Å². The van der Waals surface area contributed by atoms with E-state index in [1.165, 1.54) is 135 Å². The summed E-state index contributed by atoms with van der Waals surface area (Å²) in [6.07, 6.45) is 0. The Morgan fingerprint density at radius 1 is 0.284 bits per heavy atom. The molecule has 0 bridgehead atoms. The second-order valence-electron chi connectivity index (χ2n) is 27.5. The molecule has 0 radical (unpaired) electrons. The molecule has 7 heteroatoms. The molecule has 6 heterocycles. The second kappa shape index (κ2) is 17.4. The third-order valence-electron chi connectivity index (χ3n) is 18.2. The maximum absolute atomic E-state index is 2.73. The molecule has 10 aromatic rings. The molecule has 15 rings (SSSR count). The van der Waals surface area contributed by atoms with Crippen LogP contribution in [0.3, 0.4) is 0 Å². The number of hydrogen-bond acceptors (Lipinski definition) is 4. The summed E-state index contributed by atoms with van der Waals surface area (Å²) in [6, 6.07) is 75.5. The molecular formula is C74H68B2N4Se. The molecule has 0 aliphatic carbocycles. The molecule has 0 amide bonds. The molecule has 0 spiro atoms. The van der Waals surface area contributed by atoms with Gasteiger partial charge < -0.3 is 0 Å². The van der Waals surface area contributed by atoms with Crippen LogP contribution in [0, 0.1) is 0 Å². The van der Waals surface area contributed by atoms with Crippen molar-refractivity contribution < 1.29 is 0 Å². The molecule has 81 heavy (non-hydrogen) atoms. The Balaban J connectivity index is 1.06. The Kier molecular flexibility index (Phi) is 10.8. The van der Waals surface area contributed by atoms with E-state index in [0.717, 1.165) is 0 Å². The summed E-state index contributed by atoms with van der Waals surface area (Å²) in [5.41, 5.74) is 30.8. The third-order valence-corrected chi connectivity index (χ3v) is 20.9. The Bertz CT molecular complexity index is 4230. The molecular weight excluding hydrogens is 1050 g/mol. The zero-order valence-corrected chi connectivity index (χ0v) is 50.5. The first-order chi connectivity index (χ1) is 38.7. The van der Waals surface area contributed by atoms with Crippen LogP contribution < -0.4 is 50.1 Å². The van der Waals surface area contributed by atoms with Crippen LogP contribution in [0.2, 0.25) is 0 Å². The topological polar surface area (TPSA) is 13.0 Å². The quantitative estimate of drug-likeness (QED) is 0.163. The minimum atomic E-state index is -0.0688. The fraction of sp³-hybridized carbons (Fsp3) is 0.216. The Morgan fingerprint density at radius 2 is 0.654 bits per heavy atom. The summed E-state index contributed by atoms with van der Waals surface area (Å²) >= 11 is -0.0688. The summed E-state index contributed by atoms with van der Waals surface area (Å²) in [4.78, 5) is 10.7. The van der Waals surface area contributed by atoms with Crippen LogP contribution in [-0.4, -0.2) is 27.9 Å². The van der Waals surface area contributed by atoms with Gasteiger partial charge in [0.2, 0.25) is 0 Å². The molecule has 4 nitrogen and oxygen atoms in total. The van der Waals surface area contributed by atoms with Crippen LogP contribution in [0.1, 0.15) is 105 Å². The molecule has 396 valence electrons. The van der Waals surface area contributed by atoms with Gasteiger partial charge in [0.1, 0.15) is 0 Å². The van der Waals surface area contributed by atoms with E-state index in [0.29, 0.717) is 0 Å². The number of rotatable bonds is 4. The van der Waals surface area contributed by atoms with Gasteiger partial charge in [0, 0.05) is 0 Å². The van der Waals surface area contributed by atoms with E-state index in [1.54, 1.807) is 8.67 Å². The first kappa shape index (κ1) is 50.3. The van der Waals surface area contributed by atoms with E-state index in [9.17, 15) is 0 Å². The van der Waals surface area contributed by atoms with Crippen molar-refractivity contribution in [3.05, 3.63) is 216 Å². The molecule has 5 aliphatic rings. The molecule has 5 aliphatic heterocycles. The SMILES string of the molecule is CC(C)(C)c1ccc(N2c3ccc(C(C)(C)C)cc3B3c4[se]c5c6c4N(c4ccccc4N6c4cc(-c6ccccc6)cc6c4B5c4ccc(C(C)(C)C)cc4N6c4ccc(C(C)(C)C)cc4)c4cc(-c5ccccc5)cc2c43)cc1. The van der Waals surface area contributed by atoms with E-state index in [-0.39, 0.29) is 49.6 Å². The van der Waals surface area contributed by atoms with Gasteiger partial charge in [-0.25, -0.2) is 0 Å². The molecule has 0 N–H and O–H groups in total. The van der Waals surface area contributed by atoms with Crippen molar-refractivity contribution >= 4 is 127 Å². The zero-order chi connectivity index (χ0) is 55.8. The van der Waals surface area contributed by atoms with Crippen molar-refractivity contribution in [3.63, 3.8) is 0 Å². The Labute approximate surface area is 486 Å². The van der Waals surface area contributed by atoms with Gasteiger partial charge in [-0.1, -0.05) is 0 Å². The normalized spacial score (nSPS) is 14.5. The first-order valence-electron chi connectivity index (χ1n) is 29.2. The van der Waals surface area contributed by atoms with Gasteiger partial charge >= 0.3 is 490 Å². The van der Waals surface area contributed by atoms with Crippen LogP contribution in [-0.2, 0) is 21.7 Å². The summed E-state index contributed by atoms with van der Waals surface area (Å²) in [5.74, 6) is 0. The standard InChI is InChI=1S/C74H68B2N4Se/c1-71(2,3)49-27-33-53(34-28-49)77-57-38-32-51(73(7,8)9)43-56(57)76-66-61(77)39-47(45-21-15-13-16-22-45)42-64(66)80-59-26-20-19-25-58(59)79-63-41-48(46-23-17-14-18-24-46)40-62-65(63)75(69-67(79)68(80)70(76)81-69)55-37-31-52(74(10,11)12)44-60(55)78(62)54-35-29-50(30-36-54)72(4,5)6/h13-44H,1-12H3. The van der Waals surface area contributed by atoms with Crippen molar-refractivity contribution in [3.8, 4) is 22.3 Å². The molecule has 9 aromatic carbocycles. The Hall–Kier alpha value is -7.69. The van der Waals surface area contributed by atoms with E-state index in [4.69, 9.17) is 0 Å². The van der Waals surface area contributed by atoms with Gasteiger partial charge in [0.15, 0.2) is 0 Å². The van der Waals surface area contributed by atoms with E-state index < -0.39 is 0 Å². The second-order valence-corrected chi connectivity index (χ2v) is 29.7. The van der Waals surface area contributed by atoms with Crippen LogP contribution in [0.25, 0.3) is 22.3 Å². The number of anilines is 12. The van der Waals surface area contributed by atoms with Crippen LogP contribution >= 0.6 is 0 Å². The van der Waals surface area contributed by atoms with Crippen LogP contribution in [0.5, 0.6) is 0 Å². The summed E-state index contributed by atoms with van der Waals surface area (Å²) in [6.45, 7) is 28.1. The monoisotopic (exact) mass is 1110 g/mol. The van der Waals surface area contributed by atoms with Crippen LogP contribution in [0.15, 0.2) is 194 Å². The van der Waals surface area contributed by atoms with Crippen molar-refractivity contribution in [1.29, 1.82) is 0 Å². The third kappa shape index (κ3) is 7.57. The maximum atomic E-state index is 2.73. The summed E-state index contributed by atoms with van der Waals surface area (Å²) in [7, 11) is 0. The average Bonchev–Trinajstić information content (AvgIpc) is 2.03. The van der Waals surface area contributed by atoms with Gasteiger partial charge in [0.05, 0.1) is 0 Å². The van der Waals surface area contributed by atoms with Gasteiger partial charge in [0.25, 0.3) is 0 Å². The number of nitrogens with zero attached hydrogens (tertiary/aromatic N) is 4. The molecule has 1 aromatic heterocycles. The molecule has 0 unspecified atom stereocenters. The molecule has 0 saturated carbocycles. The predicted octanol–water partition coefficient (Wildman–Crippen LogP) is 15.7. The van der Waals surface area contributed by atoms with Crippen LogP contribution in [0.4, 0.5) is 68.2 Å². The number of para-hydroxylation sites is 2. The van der Waals surface area contributed by atoms with E-state index in [2.05, 4.69) is 297 Å². The minimum absolute atomic E-state index is 0.0248. The number of hydrogen-bond donors (Lipinski definition) is 0. The molecule has 0 fully saturated rings. The predicted molar refractivity (Wildman–Crippen MR) is 351 cm³/mol. The van der Waals surface area contributed by atoms with Crippen molar-refractivity contribution in [2.24, 2.45) is 0 Å². The summed E-state index contributed by atoms with van der Waals surface area (Å²) < 4.78 is 3.10. The number of fused-ring (bicyclic) bond motifs is 11. The average molecular weight is 1110 g/mol. The van der Waals surface area contributed by atoms with Gasteiger partial charge in [-0.3, -0.25) is 0 Å². The zero-order valence-electron chi connectivity index (χ0n) is 48.8. The fourth-order valence-corrected chi connectivity index (χ4v) is 17.0. The van der Waals surface area contributed by atoms with Crippen molar-refractivity contribution in [2.45, 2.75) is 105 Å². The van der Waals surface area contributed by atoms with Gasteiger partial charge in [-0.2, -0.15) is 0 Å². The Morgan fingerprint density at radius 3 is 1.10 bits per heavy atom. The van der Waals surface area contributed by atoms with Crippen molar-refractivity contribution in [2.75, 3.05) is 19.6 Å². The molecule has 0 saturated heterocycles.